The molecule has 1 amide bonds. The molecule has 0 aromatic heterocycles. The number of ether oxygens (including phenoxy) is 1. The largest absolute Gasteiger partial charge is 0.383 e. The van der Waals surface area contributed by atoms with E-state index in [4.69, 9.17) is 4.74 Å². The number of rotatable bonds is 6. The van der Waals surface area contributed by atoms with Gasteiger partial charge in [0.2, 0.25) is 5.91 Å². The van der Waals surface area contributed by atoms with Gasteiger partial charge in [-0.05, 0) is 32.7 Å². The van der Waals surface area contributed by atoms with Crippen molar-refractivity contribution in [3.63, 3.8) is 0 Å². The average Bonchev–Trinajstić information content (AvgIpc) is 2.28. The lowest BCUT2D eigenvalue weighted by Gasteiger charge is -2.36. The molecule has 0 aliphatic carbocycles. The van der Waals surface area contributed by atoms with Crippen LogP contribution in [0.1, 0.15) is 33.1 Å². The maximum atomic E-state index is 12.2. The molecular weight excluding hydrogens is 204 g/mol. The number of hydrogen-bond donors (Lipinski definition) is 1. The third-order valence-corrected chi connectivity index (χ3v) is 3.05. The Morgan fingerprint density at radius 1 is 1.62 bits per heavy atom. The van der Waals surface area contributed by atoms with Crippen LogP contribution in [0.25, 0.3) is 0 Å². The molecule has 0 bridgehead atoms. The third-order valence-electron chi connectivity index (χ3n) is 3.05. The molecule has 1 heterocycles. The van der Waals surface area contributed by atoms with Gasteiger partial charge in [0, 0.05) is 13.7 Å². The Labute approximate surface area is 98.3 Å². The molecule has 1 aliphatic rings. The summed E-state index contributed by atoms with van der Waals surface area (Å²) in [6, 6.07) is 0.205. The molecule has 4 nitrogen and oxygen atoms in total. The standard InChI is InChI=1S/C12H24N2O2/c1-4-7-13-11-6-5-8-14(12(11)15)10(2)9-16-3/h10-11,13H,4-9H2,1-3H3. The summed E-state index contributed by atoms with van der Waals surface area (Å²) in [7, 11) is 1.68. The highest BCUT2D eigenvalue weighted by Crippen LogP contribution is 2.14. The van der Waals surface area contributed by atoms with Crippen molar-refractivity contribution < 1.29 is 9.53 Å². The van der Waals surface area contributed by atoms with Gasteiger partial charge in [-0.15, -0.1) is 0 Å². The van der Waals surface area contributed by atoms with Crippen LogP contribution in [0, 0.1) is 0 Å². The highest BCUT2D eigenvalue weighted by atomic mass is 16.5. The van der Waals surface area contributed by atoms with Crippen molar-refractivity contribution in [3.05, 3.63) is 0 Å². The van der Waals surface area contributed by atoms with Crippen LogP contribution in [0.3, 0.4) is 0 Å². The SMILES string of the molecule is CCCNC1CCCN(C(C)COC)C1=O. The van der Waals surface area contributed by atoms with Gasteiger partial charge in [0.25, 0.3) is 0 Å². The second kappa shape index (κ2) is 6.86. The van der Waals surface area contributed by atoms with Crippen LogP contribution in [0.5, 0.6) is 0 Å². The van der Waals surface area contributed by atoms with E-state index in [1.807, 2.05) is 11.8 Å². The number of amides is 1. The number of likely N-dealkylation sites (tertiary alicyclic amines) is 1. The van der Waals surface area contributed by atoms with Crippen LogP contribution in [0.2, 0.25) is 0 Å². The van der Waals surface area contributed by atoms with Crippen LogP contribution in [-0.4, -0.2) is 49.7 Å². The van der Waals surface area contributed by atoms with Crippen molar-refractivity contribution in [3.8, 4) is 0 Å². The molecule has 1 aliphatic heterocycles. The van der Waals surface area contributed by atoms with E-state index in [0.717, 1.165) is 32.4 Å². The minimum Gasteiger partial charge on any atom is -0.383 e. The van der Waals surface area contributed by atoms with Crippen LogP contribution in [0.15, 0.2) is 0 Å². The lowest BCUT2D eigenvalue weighted by atomic mass is 10.0. The van der Waals surface area contributed by atoms with Crippen LogP contribution in [0.4, 0.5) is 0 Å². The van der Waals surface area contributed by atoms with E-state index in [-0.39, 0.29) is 18.0 Å². The molecular formula is C12H24N2O2. The molecule has 1 N–H and O–H groups in total. The molecule has 2 atom stereocenters. The predicted molar refractivity (Wildman–Crippen MR) is 64.4 cm³/mol. The zero-order valence-corrected chi connectivity index (χ0v) is 10.7. The van der Waals surface area contributed by atoms with Gasteiger partial charge in [-0.3, -0.25) is 4.79 Å². The van der Waals surface area contributed by atoms with E-state index >= 15 is 0 Å². The molecule has 1 fully saturated rings. The minimum atomic E-state index is 0.0213. The van der Waals surface area contributed by atoms with E-state index in [1.54, 1.807) is 7.11 Å². The van der Waals surface area contributed by atoms with E-state index in [1.165, 1.54) is 0 Å². The van der Waals surface area contributed by atoms with Gasteiger partial charge in [-0.1, -0.05) is 6.92 Å². The van der Waals surface area contributed by atoms with Gasteiger partial charge in [0.05, 0.1) is 18.7 Å². The Morgan fingerprint density at radius 2 is 2.38 bits per heavy atom. The minimum absolute atomic E-state index is 0.0213. The second-order valence-electron chi connectivity index (χ2n) is 4.48. The Balaban J connectivity index is 2.49. The maximum Gasteiger partial charge on any atom is 0.240 e. The first-order valence-corrected chi connectivity index (χ1v) is 6.23. The summed E-state index contributed by atoms with van der Waals surface area (Å²) in [6.45, 7) is 6.57. The molecule has 2 unspecified atom stereocenters. The van der Waals surface area contributed by atoms with Crippen molar-refractivity contribution in [2.75, 3.05) is 26.8 Å². The van der Waals surface area contributed by atoms with Crippen LogP contribution in [-0.2, 0) is 9.53 Å². The fraction of sp³-hybridized carbons (Fsp3) is 0.917. The summed E-state index contributed by atoms with van der Waals surface area (Å²) < 4.78 is 5.11. The topological polar surface area (TPSA) is 41.6 Å². The Bertz CT molecular complexity index is 221. The summed E-state index contributed by atoms with van der Waals surface area (Å²) in [6.07, 6.45) is 3.12. The first-order chi connectivity index (χ1) is 7.70. The van der Waals surface area contributed by atoms with Crippen molar-refractivity contribution in [1.29, 1.82) is 0 Å². The van der Waals surface area contributed by atoms with Gasteiger partial charge >= 0.3 is 0 Å². The quantitative estimate of drug-likeness (QED) is 0.738. The number of hydrogen-bond acceptors (Lipinski definition) is 3. The van der Waals surface area contributed by atoms with Crippen molar-refractivity contribution >= 4 is 5.91 Å². The molecule has 0 saturated carbocycles. The van der Waals surface area contributed by atoms with Crippen LogP contribution < -0.4 is 5.32 Å². The van der Waals surface area contributed by atoms with E-state index in [0.29, 0.717) is 6.61 Å². The van der Waals surface area contributed by atoms with Crippen LogP contribution >= 0.6 is 0 Å². The summed E-state index contributed by atoms with van der Waals surface area (Å²) >= 11 is 0. The molecule has 0 spiro atoms. The highest BCUT2D eigenvalue weighted by molar-refractivity contribution is 5.82. The number of carbonyl (C=O) groups excluding carboxylic acids is 1. The van der Waals surface area contributed by atoms with Gasteiger partial charge in [0.15, 0.2) is 0 Å². The number of nitrogens with one attached hydrogen (secondary N) is 1. The summed E-state index contributed by atoms with van der Waals surface area (Å²) in [4.78, 5) is 14.1. The molecule has 94 valence electrons. The molecule has 1 saturated heterocycles. The molecule has 16 heavy (non-hydrogen) atoms. The van der Waals surface area contributed by atoms with Crippen molar-refractivity contribution in [1.82, 2.24) is 10.2 Å². The monoisotopic (exact) mass is 228 g/mol. The van der Waals surface area contributed by atoms with E-state index in [2.05, 4.69) is 12.2 Å². The van der Waals surface area contributed by atoms with E-state index in [9.17, 15) is 4.79 Å². The number of piperidine rings is 1. The third kappa shape index (κ3) is 3.46. The van der Waals surface area contributed by atoms with Gasteiger partial charge < -0.3 is 15.0 Å². The van der Waals surface area contributed by atoms with Gasteiger partial charge in [0.1, 0.15) is 0 Å². The number of carbonyl (C=O) groups is 1. The fourth-order valence-electron chi connectivity index (χ4n) is 2.18. The Kier molecular flexibility index (Phi) is 5.77. The Hall–Kier alpha value is -0.610. The summed E-state index contributed by atoms with van der Waals surface area (Å²) in [5.41, 5.74) is 0. The first-order valence-electron chi connectivity index (χ1n) is 6.23. The second-order valence-corrected chi connectivity index (χ2v) is 4.48. The van der Waals surface area contributed by atoms with Crippen molar-refractivity contribution in [2.45, 2.75) is 45.2 Å². The average molecular weight is 228 g/mol. The van der Waals surface area contributed by atoms with Gasteiger partial charge in [-0.25, -0.2) is 0 Å². The normalized spacial score (nSPS) is 23.6. The smallest absolute Gasteiger partial charge is 0.240 e. The zero-order valence-electron chi connectivity index (χ0n) is 10.7. The lowest BCUT2D eigenvalue weighted by Crippen LogP contribution is -2.54. The first kappa shape index (κ1) is 13.5. The highest BCUT2D eigenvalue weighted by Gasteiger charge is 2.30. The molecule has 4 heteroatoms. The lowest BCUT2D eigenvalue weighted by molar-refractivity contribution is -0.139. The predicted octanol–water partition coefficient (Wildman–Crippen LogP) is 1.01. The van der Waals surface area contributed by atoms with Crippen molar-refractivity contribution in [2.24, 2.45) is 0 Å². The number of nitrogens with zero attached hydrogens (tertiary/aromatic N) is 1. The fourth-order valence-corrected chi connectivity index (χ4v) is 2.18. The Morgan fingerprint density at radius 3 is 3.00 bits per heavy atom. The van der Waals surface area contributed by atoms with E-state index < -0.39 is 0 Å². The maximum absolute atomic E-state index is 12.2. The summed E-state index contributed by atoms with van der Waals surface area (Å²) in [5, 5.41) is 3.32. The number of methoxy groups -OCH3 is 1. The molecule has 0 aromatic rings. The zero-order chi connectivity index (χ0) is 12.0. The molecule has 0 aromatic carbocycles. The summed E-state index contributed by atoms with van der Waals surface area (Å²) in [5.74, 6) is 0.240. The van der Waals surface area contributed by atoms with Gasteiger partial charge in [-0.2, -0.15) is 0 Å². The molecule has 0 radical (unpaired) electrons. The molecule has 1 rings (SSSR count).